The third-order valence-electron chi connectivity index (χ3n) is 1.22. The van der Waals surface area contributed by atoms with Gasteiger partial charge in [-0.3, -0.25) is 0 Å². The standard InChI is InChI=1S/C8H5BrClF2N/c9-8(11,12)7(10)13-6-4-2-1-3-5-6/h1-5H. The van der Waals surface area contributed by atoms with E-state index in [1.54, 1.807) is 30.3 Å². The number of hydrogen-bond donors (Lipinski definition) is 0. The molecule has 0 aliphatic rings. The van der Waals surface area contributed by atoms with Gasteiger partial charge in [-0.2, -0.15) is 8.78 Å². The van der Waals surface area contributed by atoms with Crippen LogP contribution in [0.15, 0.2) is 35.3 Å². The van der Waals surface area contributed by atoms with Crippen molar-refractivity contribution in [1.29, 1.82) is 0 Å². The summed E-state index contributed by atoms with van der Waals surface area (Å²) in [7, 11) is 0. The quantitative estimate of drug-likeness (QED) is 0.569. The van der Waals surface area contributed by atoms with Gasteiger partial charge in [0.2, 0.25) is 0 Å². The summed E-state index contributed by atoms with van der Waals surface area (Å²) in [6.07, 6.45) is 0. The Morgan fingerprint density at radius 2 is 1.85 bits per heavy atom. The monoisotopic (exact) mass is 267 g/mol. The summed E-state index contributed by atoms with van der Waals surface area (Å²) in [6.45, 7) is 0. The molecular weight excluding hydrogens is 263 g/mol. The molecule has 0 unspecified atom stereocenters. The molecule has 70 valence electrons. The molecule has 0 bridgehead atoms. The average Bonchev–Trinajstić information content (AvgIpc) is 2.04. The molecule has 13 heavy (non-hydrogen) atoms. The van der Waals surface area contributed by atoms with Gasteiger partial charge in [-0.05, 0) is 28.1 Å². The van der Waals surface area contributed by atoms with Gasteiger partial charge in [-0.1, -0.05) is 29.8 Å². The summed E-state index contributed by atoms with van der Waals surface area (Å²) in [5.74, 6) is 0. The molecule has 0 N–H and O–H groups in total. The second-order valence-corrected chi connectivity index (χ2v) is 3.59. The van der Waals surface area contributed by atoms with Crippen LogP contribution in [0.2, 0.25) is 0 Å². The molecule has 1 rings (SSSR count). The number of alkyl halides is 3. The highest BCUT2D eigenvalue weighted by atomic mass is 79.9. The van der Waals surface area contributed by atoms with E-state index < -0.39 is 10.0 Å². The third-order valence-corrected chi connectivity index (χ3v) is 2.14. The maximum absolute atomic E-state index is 12.5. The molecule has 0 aliphatic heterocycles. The van der Waals surface area contributed by atoms with E-state index in [1.807, 2.05) is 0 Å². The molecule has 0 saturated heterocycles. The van der Waals surface area contributed by atoms with Crippen LogP contribution in [-0.2, 0) is 0 Å². The number of para-hydroxylation sites is 1. The lowest BCUT2D eigenvalue weighted by Gasteiger charge is -2.04. The molecule has 1 aromatic carbocycles. The molecule has 0 aliphatic carbocycles. The van der Waals surface area contributed by atoms with E-state index in [4.69, 9.17) is 11.6 Å². The van der Waals surface area contributed by atoms with E-state index in [9.17, 15) is 8.78 Å². The van der Waals surface area contributed by atoms with Crippen molar-refractivity contribution in [3.05, 3.63) is 30.3 Å². The number of halogens is 4. The number of hydrogen-bond acceptors (Lipinski definition) is 1. The van der Waals surface area contributed by atoms with Crippen LogP contribution in [0.5, 0.6) is 0 Å². The Morgan fingerprint density at radius 3 is 2.31 bits per heavy atom. The number of rotatable bonds is 2. The Morgan fingerprint density at radius 1 is 1.31 bits per heavy atom. The highest BCUT2D eigenvalue weighted by Gasteiger charge is 2.30. The fourth-order valence-electron chi connectivity index (χ4n) is 0.679. The second kappa shape index (κ2) is 4.15. The first kappa shape index (κ1) is 10.6. The molecule has 0 radical (unpaired) electrons. The Labute approximate surface area is 87.6 Å². The highest BCUT2D eigenvalue weighted by Crippen LogP contribution is 2.27. The molecule has 1 nitrogen and oxygen atoms in total. The van der Waals surface area contributed by atoms with Crippen molar-refractivity contribution < 1.29 is 8.78 Å². The SMILES string of the molecule is FC(F)(Br)C(Cl)=Nc1ccccc1. The van der Waals surface area contributed by atoms with Gasteiger partial charge in [-0.15, -0.1) is 0 Å². The number of benzene rings is 1. The molecule has 0 fully saturated rings. The van der Waals surface area contributed by atoms with E-state index in [-0.39, 0.29) is 0 Å². The van der Waals surface area contributed by atoms with Crippen LogP contribution in [0.1, 0.15) is 0 Å². The molecule has 0 atom stereocenters. The predicted octanol–water partition coefficient (Wildman–Crippen LogP) is 3.94. The van der Waals surface area contributed by atoms with Gasteiger partial charge in [0, 0.05) is 0 Å². The van der Waals surface area contributed by atoms with Crippen LogP contribution in [-0.4, -0.2) is 10.0 Å². The topological polar surface area (TPSA) is 12.4 Å². The predicted molar refractivity (Wildman–Crippen MR) is 53.3 cm³/mol. The largest absolute Gasteiger partial charge is 0.353 e. The molecule has 0 amide bonds. The van der Waals surface area contributed by atoms with Crippen LogP contribution in [0.4, 0.5) is 14.5 Å². The normalized spacial score (nSPS) is 13.1. The van der Waals surface area contributed by atoms with Crippen LogP contribution in [0.25, 0.3) is 0 Å². The van der Waals surface area contributed by atoms with E-state index in [2.05, 4.69) is 20.9 Å². The lowest BCUT2D eigenvalue weighted by atomic mass is 10.3. The molecule has 1 aromatic rings. The van der Waals surface area contributed by atoms with Crippen LogP contribution >= 0.6 is 27.5 Å². The second-order valence-electron chi connectivity index (χ2n) is 2.24. The van der Waals surface area contributed by atoms with Crippen molar-refractivity contribution in [2.24, 2.45) is 4.99 Å². The molecule has 0 aromatic heterocycles. The fourth-order valence-corrected chi connectivity index (χ4v) is 0.866. The summed E-state index contributed by atoms with van der Waals surface area (Å²) in [5, 5.41) is -0.779. The molecule has 5 heteroatoms. The van der Waals surface area contributed by atoms with Gasteiger partial charge in [0.15, 0.2) is 5.17 Å². The first-order valence-electron chi connectivity index (χ1n) is 3.36. The van der Waals surface area contributed by atoms with Gasteiger partial charge in [-0.25, -0.2) is 4.99 Å². The minimum absolute atomic E-state index is 0.395. The lowest BCUT2D eigenvalue weighted by molar-refractivity contribution is 0.197. The molecule has 0 spiro atoms. The van der Waals surface area contributed by atoms with Crippen LogP contribution in [0, 0.1) is 0 Å². The molecular formula is C8H5BrClF2N. The Kier molecular flexibility index (Phi) is 3.39. The van der Waals surface area contributed by atoms with E-state index >= 15 is 0 Å². The Hall–Kier alpha value is -0.480. The van der Waals surface area contributed by atoms with Crippen molar-refractivity contribution in [1.82, 2.24) is 0 Å². The molecule has 0 heterocycles. The zero-order chi connectivity index (χ0) is 9.90. The summed E-state index contributed by atoms with van der Waals surface area (Å²) < 4.78 is 24.9. The van der Waals surface area contributed by atoms with Gasteiger partial charge < -0.3 is 0 Å². The van der Waals surface area contributed by atoms with E-state index in [1.165, 1.54) is 0 Å². The highest BCUT2D eigenvalue weighted by molar-refractivity contribution is 9.10. The molecule has 0 saturated carbocycles. The summed E-state index contributed by atoms with van der Waals surface area (Å²) >= 11 is 7.35. The van der Waals surface area contributed by atoms with E-state index in [0.29, 0.717) is 5.69 Å². The Balaban J connectivity index is 2.90. The first-order chi connectivity index (χ1) is 6.00. The smallest absolute Gasteiger partial charge is 0.234 e. The maximum Gasteiger partial charge on any atom is 0.353 e. The van der Waals surface area contributed by atoms with Gasteiger partial charge in [0.05, 0.1) is 5.69 Å². The van der Waals surface area contributed by atoms with Gasteiger partial charge in [0.25, 0.3) is 0 Å². The van der Waals surface area contributed by atoms with Crippen molar-refractivity contribution in [3.8, 4) is 0 Å². The van der Waals surface area contributed by atoms with Crippen LogP contribution in [0.3, 0.4) is 0 Å². The summed E-state index contributed by atoms with van der Waals surface area (Å²) in [5.41, 5.74) is 0.395. The first-order valence-corrected chi connectivity index (χ1v) is 4.53. The number of aliphatic imine (C=N–C) groups is 1. The zero-order valence-corrected chi connectivity index (χ0v) is 8.69. The van der Waals surface area contributed by atoms with Crippen LogP contribution < -0.4 is 0 Å². The van der Waals surface area contributed by atoms with Gasteiger partial charge in [0.1, 0.15) is 0 Å². The summed E-state index contributed by atoms with van der Waals surface area (Å²) in [4.78, 5) is 0.256. The van der Waals surface area contributed by atoms with Crippen molar-refractivity contribution in [3.63, 3.8) is 0 Å². The Bertz CT molecular complexity index is 308. The maximum atomic E-state index is 12.5. The third kappa shape index (κ3) is 3.40. The van der Waals surface area contributed by atoms with Crippen molar-refractivity contribution in [2.75, 3.05) is 0 Å². The van der Waals surface area contributed by atoms with Crippen molar-refractivity contribution >= 4 is 38.4 Å². The lowest BCUT2D eigenvalue weighted by Crippen LogP contribution is -2.14. The zero-order valence-electron chi connectivity index (χ0n) is 6.35. The van der Waals surface area contributed by atoms with Crippen molar-refractivity contribution in [2.45, 2.75) is 4.83 Å². The number of nitrogens with zero attached hydrogens (tertiary/aromatic N) is 1. The minimum Gasteiger partial charge on any atom is -0.234 e. The van der Waals surface area contributed by atoms with Gasteiger partial charge >= 0.3 is 4.83 Å². The fraction of sp³-hybridized carbons (Fsp3) is 0.125. The van der Waals surface area contributed by atoms with E-state index in [0.717, 1.165) is 0 Å². The minimum atomic E-state index is -3.26. The average molecular weight is 268 g/mol. The summed E-state index contributed by atoms with van der Waals surface area (Å²) in [6, 6.07) is 8.31.